The van der Waals surface area contributed by atoms with Crippen LogP contribution in [0.1, 0.15) is 38.5 Å². The van der Waals surface area contributed by atoms with E-state index in [1.54, 1.807) is 12.4 Å². The third kappa shape index (κ3) is 3.38. The first-order valence-electron chi connectivity index (χ1n) is 6.19. The summed E-state index contributed by atoms with van der Waals surface area (Å²) in [5.41, 5.74) is 1.00. The lowest BCUT2D eigenvalue weighted by molar-refractivity contribution is 0.491. The van der Waals surface area contributed by atoms with Gasteiger partial charge >= 0.3 is 0 Å². The van der Waals surface area contributed by atoms with Crippen molar-refractivity contribution in [2.75, 3.05) is 11.9 Å². The maximum Gasteiger partial charge on any atom is 0.0820 e. The second kappa shape index (κ2) is 6.09. The molecule has 1 fully saturated rings. The number of nitrogens with zero attached hydrogens (tertiary/aromatic N) is 1. The summed E-state index contributed by atoms with van der Waals surface area (Å²) in [6, 6.07) is 1.93. The number of aromatic nitrogens is 1. The van der Waals surface area contributed by atoms with Crippen molar-refractivity contribution in [2.24, 2.45) is 5.92 Å². The van der Waals surface area contributed by atoms with Crippen molar-refractivity contribution in [2.45, 2.75) is 38.5 Å². The smallest absolute Gasteiger partial charge is 0.0820 e. The normalized spacial score (nSPS) is 16.6. The summed E-state index contributed by atoms with van der Waals surface area (Å²) in [5.74, 6) is 0.981. The van der Waals surface area contributed by atoms with E-state index < -0.39 is 0 Å². The van der Waals surface area contributed by atoms with Gasteiger partial charge in [-0.15, -0.1) is 0 Å². The summed E-state index contributed by atoms with van der Waals surface area (Å²) in [7, 11) is 0. The van der Waals surface area contributed by atoms with Gasteiger partial charge in [0.2, 0.25) is 0 Å². The van der Waals surface area contributed by atoms with Gasteiger partial charge in [-0.25, -0.2) is 0 Å². The Hall–Kier alpha value is -0.760. The Labute approximate surface area is 102 Å². The van der Waals surface area contributed by atoms with Crippen LogP contribution in [0.2, 0.25) is 5.02 Å². The molecule has 1 aromatic heterocycles. The highest BCUT2D eigenvalue weighted by atomic mass is 35.5. The van der Waals surface area contributed by atoms with Crippen LogP contribution in [0.5, 0.6) is 0 Å². The van der Waals surface area contributed by atoms with E-state index in [1.165, 1.54) is 38.5 Å². The Morgan fingerprint density at radius 1 is 1.38 bits per heavy atom. The van der Waals surface area contributed by atoms with Crippen LogP contribution in [-0.4, -0.2) is 11.5 Å². The van der Waals surface area contributed by atoms with Crippen molar-refractivity contribution in [1.82, 2.24) is 4.98 Å². The first-order chi connectivity index (χ1) is 7.86. The number of nitrogens with one attached hydrogen (secondary N) is 1. The van der Waals surface area contributed by atoms with Crippen molar-refractivity contribution >= 4 is 17.3 Å². The summed E-state index contributed by atoms with van der Waals surface area (Å²) in [5, 5.41) is 4.08. The van der Waals surface area contributed by atoms with Crippen molar-refractivity contribution in [1.29, 1.82) is 0 Å². The van der Waals surface area contributed by atoms with Crippen LogP contribution in [0, 0.1) is 5.92 Å². The molecule has 16 heavy (non-hydrogen) atoms. The van der Waals surface area contributed by atoms with Crippen LogP contribution in [-0.2, 0) is 0 Å². The van der Waals surface area contributed by atoms with E-state index in [1.807, 2.05) is 6.07 Å². The minimum Gasteiger partial charge on any atom is -0.384 e. The third-order valence-corrected chi connectivity index (χ3v) is 3.65. The van der Waals surface area contributed by atoms with Gasteiger partial charge < -0.3 is 5.32 Å². The molecule has 0 aromatic carbocycles. The van der Waals surface area contributed by atoms with Crippen LogP contribution >= 0.6 is 11.6 Å². The van der Waals surface area contributed by atoms with Crippen molar-refractivity contribution in [3.05, 3.63) is 23.5 Å². The molecule has 1 aliphatic carbocycles. The van der Waals surface area contributed by atoms with Crippen molar-refractivity contribution in [3.63, 3.8) is 0 Å². The fourth-order valence-corrected chi connectivity index (χ4v) is 2.62. The van der Waals surface area contributed by atoms with Crippen molar-refractivity contribution < 1.29 is 0 Å². The quantitative estimate of drug-likeness (QED) is 0.781. The standard InChI is InChI=1S/C13H19ClN2/c14-12-10-15-9-7-13(12)16-8-3-6-11-4-1-2-5-11/h7,9-11H,1-6,8H2,(H,15,16). The van der Waals surface area contributed by atoms with E-state index >= 15 is 0 Å². The predicted molar refractivity (Wildman–Crippen MR) is 68.9 cm³/mol. The van der Waals surface area contributed by atoms with E-state index in [0.717, 1.165) is 18.2 Å². The van der Waals surface area contributed by atoms with E-state index in [4.69, 9.17) is 11.6 Å². The number of hydrogen-bond donors (Lipinski definition) is 1. The van der Waals surface area contributed by atoms with Gasteiger partial charge in [-0.05, 0) is 24.8 Å². The van der Waals surface area contributed by atoms with Gasteiger partial charge in [-0.2, -0.15) is 0 Å². The number of anilines is 1. The summed E-state index contributed by atoms with van der Waals surface area (Å²) < 4.78 is 0. The second-order valence-electron chi connectivity index (χ2n) is 4.58. The second-order valence-corrected chi connectivity index (χ2v) is 4.98. The lowest BCUT2D eigenvalue weighted by Gasteiger charge is -2.10. The highest BCUT2D eigenvalue weighted by molar-refractivity contribution is 6.33. The van der Waals surface area contributed by atoms with Gasteiger partial charge in [-0.1, -0.05) is 37.3 Å². The minimum absolute atomic E-state index is 0.711. The monoisotopic (exact) mass is 238 g/mol. The number of pyridine rings is 1. The van der Waals surface area contributed by atoms with Crippen LogP contribution in [0.4, 0.5) is 5.69 Å². The molecule has 0 saturated heterocycles. The number of halogens is 1. The largest absolute Gasteiger partial charge is 0.384 e. The maximum atomic E-state index is 6.01. The minimum atomic E-state index is 0.711. The molecule has 2 rings (SSSR count). The van der Waals surface area contributed by atoms with Gasteiger partial charge in [0.1, 0.15) is 0 Å². The van der Waals surface area contributed by atoms with Gasteiger partial charge in [0.05, 0.1) is 10.7 Å². The molecule has 1 heterocycles. The van der Waals surface area contributed by atoms with Crippen LogP contribution in [0.15, 0.2) is 18.5 Å². The molecule has 0 radical (unpaired) electrons. The molecule has 1 aromatic rings. The molecule has 0 atom stereocenters. The summed E-state index contributed by atoms with van der Waals surface area (Å²) in [6.07, 6.45) is 11.8. The molecule has 0 bridgehead atoms. The van der Waals surface area contributed by atoms with Crippen LogP contribution < -0.4 is 5.32 Å². The Balaban J connectivity index is 1.66. The molecule has 0 unspecified atom stereocenters. The average molecular weight is 239 g/mol. The summed E-state index contributed by atoms with van der Waals surface area (Å²) >= 11 is 6.01. The molecule has 1 aliphatic rings. The van der Waals surface area contributed by atoms with Crippen molar-refractivity contribution in [3.8, 4) is 0 Å². The molecule has 1 N–H and O–H groups in total. The zero-order valence-corrected chi connectivity index (χ0v) is 10.3. The Morgan fingerprint density at radius 3 is 2.94 bits per heavy atom. The highest BCUT2D eigenvalue weighted by Crippen LogP contribution is 2.28. The van der Waals surface area contributed by atoms with E-state index in [0.29, 0.717) is 5.02 Å². The first-order valence-corrected chi connectivity index (χ1v) is 6.57. The highest BCUT2D eigenvalue weighted by Gasteiger charge is 2.13. The third-order valence-electron chi connectivity index (χ3n) is 3.35. The molecular weight excluding hydrogens is 220 g/mol. The topological polar surface area (TPSA) is 24.9 Å². The number of rotatable bonds is 5. The summed E-state index contributed by atoms with van der Waals surface area (Å²) in [6.45, 7) is 1.01. The van der Waals surface area contributed by atoms with E-state index in [9.17, 15) is 0 Å². The molecule has 2 nitrogen and oxygen atoms in total. The van der Waals surface area contributed by atoms with E-state index in [2.05, 4.69) is 10.3 Å². The Kier molecular flexibility index (Phi) is 4.46. The molecule has 3 heteroatoms. The lowest BCUT2D eigenvalue weighted by atomic mass is 10.0. The first kappa shape index (κ1) is 11.7. The number of hydrogen-bond acceptors (Lipinski definition) is 2. The fraction of sp³-hybridized carbons (Fsp3) is 0.615. The molecule has 0 amide bonds. The molecule has 88 valence electrons. The predicted octanol–water partition coefficient (Wildman–Crippen LogP) is 4.12. The Bertz CT molecular complexity index is 321. The van der Waals surface area contributed by atoms with Gasteiger partial charge in [-0.3, -0.25) is 4.98 Å². The zero-order chi connectivity index (χ0) is 11.2. The maximum absolute atomic E-state index is 6.01. The van der Waals surface area contributed by atoms with Gasteiger partial charge in [0, 0.05) is 18.9 Å². The molecule has 0 spiro atoms. The lowest BCUT2D eigenvalue weighted by Crippen LogP contribution is -2.04. The zero-order valence-electron chi connectivity index (χ0n) is 9.58. The molecule has 0 aliphatic heterocycles. The SMILES string of the molecule is Clc1cnccc1NCCCC1CCCC1. The molecule has 1 saturated carbocycles. The van der Waals surface area contributed by atoms with Gasteiger partial charge in [0.25, 0.3) is 0 Å². The average Bonchev–Trinajstić information content (AvgIpc) is 2.79. The fourth-order valence-electron chi connectivity index (χ4n) is 2.43. The molecular formula is C13H19ClN2. The van der Waals surface area contributed by atoms with E-state index in [-0.39, 0.29) is 0 Å². The van der Waals surface area contributed by atoms with Crippen LogP contribution in [0.25, 0.3) is 0 Å². The summed E-state index contributed by atoms with van der Waals surface area (Å²) in [4.78, 5) is 3.96. The Morgan fingerprint density at radius 2 is 2.19 bits per heavy atom. The van der Waals surface area contributed by atoms with Crippen LogP contribution in [0.3, 0.4) is 0 Å². The van der Waals surface area contributed by atoms with Gasteiger partial charge in [0.15, 0.2) is 0 Å².